The van der Waals surface area contributed by atoms with E-state index in [1.807, 2.05) is 24.3 Å². The minimum atomic E-state index is -0.760. The topological polar surface area (TPSA) is 87.9 Å². The molecule has 1 aromatic rings. The second-order valence-electron chi connectivity index (χ2n) is 5.62. The number of methoxy groups -OCH3 is 1. The van der Waals surface area contributed by atoms with Crippen molar-refractivity contribution in [2.45, 2.75) is 6.04 Å². The Kier molecular flexibility index (Phi) is 11.6. The van der Waals surface area contributed by atoms with Gasteiger partial charge in [-0.25, -0.2) is 0 Å². The van der Waals surface area contributed by atoms with E-state index in [0.717, 1.165) is 18.8 Å². The van der Waals surface area contributed by atoms with Crippen molar-refractivity contribution < 1.29 is 14.3 Å². The van der Waals surface area contributed by atoms with Crippen LogP contribution in [0.4, 0.5) is 5.69 Å². The zero-order valence-corrected chi connectivity index (χ0v) is 16.9. The maximum Gasteiger partial charge on any atom is 0.242 e. The van der Waals surface area contributed by atoms with Crippen molar-refractivity contribution in [2.24, 2.45) is 5.73 Å². The van der Waals surface area contributed by atoms with Crippen LogP contribution in [0.1, 0.15) is 0 Å². The molecular weight excluding hydrogens is 403 g/mol. The number of carbonyl (C=O) groups is 2. The minimum absolute atomic E-state index is 0. The van der Waals surface area contributed by atoms with Gasteiger partial charge in [-0.3, -0.25) is 9.59 Å². The first-order chi connectivity index (χ1) is 11.5. The van der Waals surface area contributed by atoms with Crippen LogP contribution in [0.25, 0.3) is 0 Å². The molecule has 0 bridgehead atoms. The fraction of sp³-hybridized carbons (Fsp3) is 0.500. The van der Waals surface area contributed by atoms with Gasteiger partial charge in [-0.2, -0.15) is 0 Å². The van der Waals surface area contributed by atoms with Gasteiger partial charge in [-0.1, -0.05) is 11.6 Å². The van der Waals surface area contributed by atoms with E-state index in [-0.39, 0.29) is 49.8 Å². The first-order valence-corrected chi connectivity index (χ1v) is 8.19. The molecule has 1 aliphatic rings. The van der Waals surface area contributed by atoms with Gasteiger partial charge in [0.2, 0.25) is 11.8 Å². The maximum atomic E-state index is 12.2. The van der Waals surface area contributed by atoms with Crippen molar-refractivity contribution in [1.82, 2.24) is 10.2 Å². The summed E-state index contributed by atoms with van der Waals surface area (Å²) in [6.07, 6.45) is 0. The molecule has 1 aliphatic heterocycles. The number of nitrogens with zero attached hydrogens (tertiary/aromatic N) is 2. The second-order valence-corrected chi connectivity index (χ2v) is 6.06. The summed E-state index contributed by atoms with van der Waals surface area (Å²) in [5, 5.41) is 3.25. The molecule has 0 aliphatic carbocycles. The molecule has 3 N–H and O–H groups in total. The Labute approximate surface area is 171 Å². The molecule has 1 fully saturated rings. The van der Waals surface area contributed by atoms with E-state index in [1.165, 1.54) is 7.11 Å². The summed E-state index contributed by atoms with van der Waals surface area (Å²) in [6.45, 7) is 2.79. The largest absolute Gasteiger partial charge is 0.383 e. The molecule has 1 saturated heterocycles. The van der Waals surface area contributed by atoms with Crippen molar-refractivity contribution >= 4 is 53.9 Å². The number of carbonyl (C=O) groups excluding carboxylic acids is 2. The van der Waals surface area contributed by atoms with Crippen molar-refractivity contribution in [3.63, 3.8) is 0 Å². The number of rotatable bonds is 6. The van der Waals surface area contributed by atoms with Gasteiger partial charge >= 0.3 is 0 Å². The Morgan fingerprint density at radius 1 is 1.19 bits per heavy atom. The van der Waals surface area contributed by atoms with Gasteiger partial charge in [0, 0.05) is 44.0 Å². The summed E-state index contributed by atoms with van der Waals surface area (Å²) in [4.78, 5) is 27.8. The third-order valence-corrected chi connectivity index (χ3v) is 4.17. The van der Waals surface area contributed by atoms with E-state index in [4.69, 9.17) is 22.1 Å². The number of halogens is 3. The molecule has 7 nitrogen and oxygen atoms in total. The van der Waals surface area contributed by atoms with Crippen molar-refractivity contribution in [2.75, 3.05) is 51.3 Å². The number of amides is 2. The molecule has 0 saturated carbocycles. The van der Waals surface area contributed by atoms with Gasteiger partial charge in [0.25, 0.3) is 0 Å². The van der Waals surface area contributed by atoms with Crippen LogP contribution in [0.5, 0.6) is 0 Å². The quantitative estimate of drug-likeness (QED) is 0.705. The van der Waals surface area contributed by atoms with E-state index in [0.29, 0.717) is 18.1 Å². The molecule has 2 amide bonds. The number of benzene rings is 1. The van der Waals surface area contributed by atoms with Crippen LogP contribution in [0.2, 0.25) is 5.02 Å². The van der Waals surface area contributed by atoms with E-state index < -0.39 is 6.04 Å². The number of nitrogens with two attached hydrogens (primary N) is 1. The molecule has 1 atom stereocenters. The van der Waals surface area contributed by atoms with Crippen LogP contribution in [0, 0.1) is 0 Å². The molecule has 26 heavy (non-hydrogen) atoms. The molecule has 148 valence electrons. The number of piperazine rings is 1. The molecule has 0 radical (unpaired) electrons. The fourth-order valence-corrected chi connectivity index (χ4v) is 2.65. The van der Waals surface area contributed by atoms with Crippen LogP contribution in [-0.4, -0.2) is 69.2 Å². The second kappa shape index (κ2) is 12.2. The highest BCUT2D eigenvalue weighted by molar-refractivity contribution is 6.30. The number of hydrogen-bond acceptors (Lipinski definition) is 5. The lowest BCUT2D eigenvalue weighted by Crippen LogP contribution is -2.52. The Morgan fingerprint density at radius 3 is 2.31 bits per heavy atom. The molecule has 0 aromatic heterocycles. The zero-order valence-electron chi connectivity index (χ0n) is 14.5. The third kappa shape index (κ3) is 7.17. The summed E-state index contributed by atoms with van der Waals surface area (Å²) < 4.78 is 4.81. The SMILES string of the molecule is COCC(N)C(=O)NCC(=O)N1CCN(c2ccc(Cl)cc2)CC1.Cl.Cl. The Morgan fingerprint density at radius 2 is 1.77 bits per heavy atom. The monoisotopic (exact) mass is 426 g/mol. The highest BCUT2D eigenvalue weighted by atomic mass is 35.5. The van der Waals surface area contributed by atoms with Crippen molar-refractivity contribution in [3.05, 3.63) is 29.3 Å². The average Bonchev–Trinajstić information content (AvgIpc) is 2.60. The van der Waals surface area contributed by atoms with Crippen molar-refractivity contribution in [3.8, 4) is 0 Å². The van der Waals surface area contributed by atoms with Crippen LogP contribution in [0.3, 0.4) is 0 Å². The van der Waals surface area contributed by atoms with Gasteiger partial charge in [0.05, 0.1) is 13.2 Å². The third-order valence-electron chi connectivity index (χ3n) is 3.92. The smallest absolute Gasteiger partial charge is 0.242 e. The van der Waals surface area contributed by atoms with Gasteiger partial charge < -0.3 is 25.6 Å². The van der Waals surface area contributed by atoms with E-state index in [2.05, 4.69) is 10.2 Å². The van der Waals surface area contributed by atoms with Crippen LogP contribution >= 0.6 is 36.4 Å². The molecule has 1 aromatic carbocycles. The predicted molar refractivity (Wildman–Crippen MR) is 108 cm³/mol. The summed E-state index contributed by atoms with van der Waals surface area (Å²) in [7, 11) is 1.47. The van der Waals surface area contributed by atoms with E-state index >= 15 is 0 Å². The molecular formula is C16H25Cl3N4O3. The lowest BCUT2D eigenvalue weighted by atomic mass is 10.2. The van der Waals surface area contributed by atoms with Gasteiger partial charge in [-0.05, 0) is 24.3 Å². The van der Waals surface area contributed by atoms with Gasteiger partial charge in [-0.15, -0.1) is 24.8 Å². The minimum Gasteiger partial charge on any atom is -0.383 e. The first kappa shape index (κ1) is 24.8. The Balaban J connectivity index is 0.00000312. The highest BCUT2D eigenvalue weighted by Gasteiger charge is 2.22. The zero-order chi connectivity index (χ0) is 17.5. The van der Waals surface area contributed by atoms with Crippen molar-refractivity contribution in [1.29, 1.82) is 0 Å². The van der Waals surface area contributed by atoms with Gasteiger partial charge in [0.15, 0.2) is 0 Å². The Hall–Kier alpha value is -1.25. The lowest BCUT2D eigenvalue weighted by Gasteiger charge is -2.36. The number of anilines is 1. The number of nitrogens with one attached hydrogen (secondary N) is 1. The Bertz CT molecular complexity index is 566. The number of hydrogen-bond donors (Lipinski definition) is 2. The summed E-state index contributed by atoms with van der Waals surface area (Å²) in [6, 6.07) is 6.89. The van der Waals surface area contributed by atoms with E-state index in [1.54, 1.807) is 4.90 Å². The van der Waals surface area contributed by atoms with Gasteiger partial charge in [0.1, 0.15) is 6.04 Å². The molecule has 1 heterocycles. The normalized spacial score (nSPS) is 14.7. The highest BCUT2D eigenvalue weighted by Crippen LogP contribution is 2.19. The summed E-state index contributed by atoms with van der Waals surface area (Å²) in [5.41, 5.74) is 6.70. The lowest BCUT2D eigenvalue weighted by molar-refractivity contribution is -0.133. The van der Waals surface area contributed by atoms with Crippen LogP contribution < -0.4 is 16.0 Å². The molecule has 1 unspecified atom stereocenters. The molecule has 10 heteroatoms. The summed E-state index contributed by atoms with van der Waals surface area (Å²) in [5.74, 6) is -0.492. The van der Waals surface area contributed by atoms with Crippen LogP contribution in [0.15, 0.2) is 24.3 Å². The fourth-order valence-electron chi connectivity index (χ4n) is 2.53. The summed E-state index contributed by atoms with van der Waals surface area (Å²) >= 11 is 5.89. The maximum absolute atomic E-state index is 12.2. The average molecular weight is 428 g/mol. The van der Waals surface area contributed by atoms with Crippen LogP contribution in [-0.2, 0) is 14.3 Å². The molecule has 0 spiro atoms. The standard InChI is InChI=1S/C16H23ClN4O3.2ClH/c1-24-11-14(18)16(23)19-10-15(22)21-8-6-20(7-9-21)13-4-2-12(17)3-5-13;;/h2-5,14H,6-11,18H2,1H3,(H,19,23);2*1H. The molecule has 2 rings (SSSR count). The number of ether oxygens (including phenoxy) is 1. The van der Waals surface area contributed by atoms with E-state index in [9.17, 15) is 9.59 Å². The predicted octanol–water partition coefficient (Wildman–Crippen LogP) is 0.922. The first-order valence-electron chi connectivity index (χ1n) is 7.82.